The molecule has 1 N–H and O–H groups in total. The van der Waals surface area contributed by atoms with Crippen molar-refractivity contribution in [2.45, 2.75) is 26.3 Å². The lowest BCUT2D eigenvalue weighted by molar-refractivity contribution is -0.118. The number of hydrogen-bond acceptors (Lipinski definition) is 4. The van der Waals surface area contributed by atoms with Gasteiger partial charge in [0, 0.05) is 17.7 Å². The largest absolute Gasteiger partial charge is 0.503 e. The number of halogens is 1. The number of aliphatic hydroxyl groups excluding tert-OH is 1. The van der Waals surface area contributed by atoms with Crippen molar-refractivity contribution in [1.29, 1.82) is 0 Å². The Morgan fingerprint density at radius 1 is 1.18 bits per heavy atom. The van der Waals surface area contributed by atoms with Crippen molar-refractivity contribution in [2.75, 3.05) is 12.0 Å². The summed E-state index contributed by atoms with van der Waals surface area (Å²) in [6, 6.07) is 11.5. The highest BCUT2D eigenvalue weighted by atomic mass is 19.1. The summed E-state index contributed by atoms with van der Waals surface area (Å²) >= 11 is 0. The molecule has 0 saturated heterocycles. The number of ether oxygens (including phenoxy) is 1. The minimum absolute atomic E-state index is 0.0347. The van der Waals surface area contributed by atoms with Gasteiger partial charge in [0.25, 0.3) is 5.91 Å². The fourth-order valence-corrected chi connectivity index (χ4v) is 3.43. The normalized spacial score (nSPS) is 16.8. The van der Waals surface area contributed by atoms with Gasteiger partial charge < -0.3 is 9.84 Å². The molecule has 0 spiro atoms. The fourth-order valence-electron chi connectivity index (χ4n) is 3.43. The Labute approximate surface area is 163 Å². The van der Waals surface area contributed by atoms with Gasteiger partial charge in [-0.1, -0.05) is 32.0 Å². The third-order valence-electron chi connectivity index (χ3n) is 4.64. The van der Waals surface area contributed by atoms with Crippen LogP contribution in [0.2, 0.25) is 0 Å². The molecule has 1 atom stereocenters. The van der Waals surface area contributed by atoms with E-state index in [0.29, 0.717) is 17.0 Å². The number of carbonyl (C=O) groups excluding carboxylic acids is 2. The van der Waals surface area contributed by atoms with E-state index in [-0.39, 0.29) is 23.7 Å². The van der Waals surface area contributed by atoms with Crippen LogP contribution in [0.3, 0.4) is 0 Å². The summed E-state index contributed by atoms with van der Waals surface area (Å²) in [6.45, 7) is 3.78. The van der Waals surface area contributed by atoms with E-state index in [2.05, 4.69) is 0 Å². The zero-order valence-corrected chi connectivity index (χ0v) is 16.0. The second-order valence-corrected chi connectivity index (χ2v) is 7.08. The van der Waals surface area contributed by atoms with E-state index in [4.69, 9.17) is 4.74 Å². The van der Waals surface area contributed by atoms with Gasteiger partial charge in [0.2, 0.25) is 0 Å². The van der Waals surface area contributed by atoms with E-state index >= 15 is 0 Å². The van der Waals surface area contributed by atoms with Gasteiger partial charge in [-0.2, -0.15) is 0 Å². The summed E-state index contributed by atoms with van der Waals surface area (Å²) in [7, 11) is 1.50. The van der Waals surface area contributed by atoms with Crippen molar-refractivity contribution in [1.82, 2.24) is 0 Å². The molecule has 0 aromatic heterocycles. The fraction of sp³-hybridized carbons (Fsp3) is 0.273. The van der Waals surface area contributed by atoms with Crippen LogP contribution in [0.15, 0.2) is 59.9 Å². The molecule has 2 aromatic carbocycles. The Balaban J connectivity index is 2.19. The standard InChI is InChI=1S/C22H22FNO4/c1-13(2)12-17(25)19-20(16-6-4-5-7-18(16)28-3)24(22(27)21(19)26)15-10-8-14(23)9-11-15/h4-11,13,20,26H,12H2,1-3H3. The highest BCUT2D eigenvalue weighted by molar-refractivity contribution is 6.16. The number of carbonyl (C=O) groups is 2. The molecule has 5 nitrogen and oxygen atoms in total. The average molecular weight is 383 g/mol. The third-order valence-corrected chi connectivity index (χ3v) is 4.64. The van der Waals surface area contributed by atoms with E-state index in [1.807, 2.05) is 13.8 Å². The van der Waals surface area contributed by atoms with E-state index in [1.54, 1.807) is 24.3 Å². The Morgan fingerprint density at radius 3 is 2.43 bits per heavy atom. The van der Waals surface area contributed by atoms with Gasteiger partial charge in [-0.15, -0.1) is 0 Å². The number of anilines is 1. The minimum Gasteiger partial charge on any atom is -0.503 e. The zero-order valence-electron chi connectivity index (χ0n) is 16.0. The number of hydrogen-bond donors (Lipinski definition) is 1. The number of nitrogens with zero attached hydrogens (tertiary/aromatic N) is 1. The van der Waals surface area contributed by atoms with Gasteiger partial charge in [-0.05, 0) is 36.2 Å². The molecule has 0 saturated carbocycles. The van der Waals surface area contributed by atoms with Crippen molar-refractivity contribution in [3.63, 3.8) is 0 Å². The van der Waals surface area contributed by atoms with Crippen LogP contribution in [-0.4, -0.2) is 23.9 Å². The molecular weight excluding hydrogens is 361 g/mol. The summed E-state index contributed by atoms with van der Waals surface area (Å²) in [6.07, 6.45) is 0.190. The third kappa shape index (κ3) is 3.50. The monoisotopic (exact) mass is 383 g/mol. The molecule has 1 aliphatic heterocycles. The number of rotatable bonds is 6. The number of methoxy groups -OCH3 is 1. The van der Waals surface area contributed by atoms with Gasteiger partial charge in [0.15, 0.2) is 11.5 Å². The SMILES string of the molecule is COc1ccccc1C1C(C(=O)CC(C)C)=C(O)C(=O)N1c1ccc(F)cc1. The number of aliphatic hydroxyl groups is 1. The number of amides is 1. The highest BCUT2D eigenvalue weighted by Crippen LogP contribution is 2.44. The van der Waals surface area contributed by atoms with Crippen molar-refractivity contribution >= 4 is 17.4 Å². The molecule has 0 radical (unpaired) electrons. The molecular formula is C22H22FNO4. The number of para-hydroxylation sites is 1. The van der Waals surface area contributed by atoms with Gasteiger partial charge in [0.1, 0.15) is 11.6 Å². The van der Waals surface area contributed by atoms with Crippen LogP contribution in [0, 0.1) is 11.7 Å². The molecule has 1 aliphatic rings. The first-order valence-corrected chi connectivity index (χ1v) is 9.03. The predicted molar refractivity (Wildman–Crippen MR) is 104 cm³/mol. The van der Waals surface area contributed by atoms with Gasteiger partial charge in [-0.3, -0.25) is 14.5 Å². The minimum atomic E-state index is -0.861. The first-order valence-electron chi connectivity index (χ1n) is 9.03. The first-order chi connectivity index (χ1) is 13.3. The second-order valence-electron chi connectivity index (χ2n) is 7.08. The molecule has 0 aliphatic carbocycles. The molecule has 28 heavy (non-hydrogen) atoms. The number of ketones is 1. The van der Waals surface area contributed by atoms with Crippen LogP contribution < -0.4 is 9.64 Å². The first kappa shape index (κ1) is 19.6. The number of benzene rings is 2. The predicted octanol–water partition coefficient (Wildman–Crippen LogP) is 4.35. The molecule has 0 bridgehead atoms. The summed E-state index contributed by atoms with van der Waals surface area (Å²) in [5, 5.41) is 10.6. The van der Waals surface area contributed by atoms with Crippen LogP contribution >= 0.6 is 0 Å². The summed E-state index contributed by atoms with van der Waals surface area (Å²) in [5.74, 6) is -1.49. The van der Waals surface area contributed by atoms with E-state index < -0.39 is 23.5 Å². The maximum atomic E-state index is 13.4. The summed E-state index contributed by atoms with van der Waals surface area (Å²) in [4.78, 5) is 27.1. The van der Waals surface area contributed by atoms with E-state index in [9.17, 15) is 19.1 Å². The molecule has 1 heterocycles. The van der Waals surface area contributed by atoms with Gasteiger partial charge in [0.05, 0.1) is 18.7 Å². The summed E-state index contributed by atoms with van der Waals surface area (Å²) < 4.78 is 18.8. The van der Waals surface area contributed by atoms with Crippen LogP contribution in [0.25, 0.3) is 0 Å². The quantitative estimate of drug-likeness (QED) is 0.805. The van der Waals surface area contributed by atoms with E-state index in [0.717, 1.165) is 0 Å². The second kappa shape index (κ2) is 7.84. The molecule has 146 valence electrons. The van der Waals surface area contributed by atoms with Crippen molar-refractivity contribution in [3.05, 3.63) is 71.2 Å². The topological polar surface area (TPSA) is 66.8 Å². The number of Topliss-reactive ketones (excluding diaryl/α,β-unsaturated/α-hetero) is 1. The van der Waals surface area contributed by atoms with Crippen LogP contribution in [0.5, 0.6) is 5.75 Å². The Bertz CT molecular complexity index is 934. The van der Waals surface area contributed by atoms with Crippen molar-refractivity contribution in [3.8, 4) is 5.75 Å². The summed E-state index contributed by atoms with van der Waals surface area (Å²) in [5.41, 5.74) is 0.979. The molecule has 3 rings (SSSR count). The van der Waals surface area contributed by atoms with Crippen LogP contribution in [-0.2, 0) is 9.59 Å². The Morgan fingerprint density at radius 2 is 1.82 bits per heavy atom. The highest BCUT2D eigenvalue weighted by Gasteiger charge is 2.45. The lowest BCUT2D eigenvalue weighted by Gasteiger charge is -2.28. The molecule has 1 amide bonds. The van der Waals surface area contributed by atoms with Gasteiger partial charge in [-0.25, -0.2) is 4.39 Å². The molecule has 2 aromatic rings. The Kier molecular flexibility index (Phi) is 5.49. The maximum Gasteiger partial charge on any atom is 0.294 e. The van der Waals surface area contributed by atoms with Gasteiger partial charge >= 0.3 is 0 Å². The lowest BCUT2D eigenvalue weighted by atomic mass is 9.91. The van der Waals surface area contributed by atoms with Crippen molar-refractivity contribution in [2.24, 2.45) is 5.92 Å². The average Bonchev–Trinajstić information content (AvgIpc) is 2.93. The lowest BCUT2D eigenvalue weighted by Crippen LogP contribution is -2.31. The van der Waals surface area contributed by atoms with E-state index in [1.165, 1.54) is 36.3 Å². The van der Waals surface area contributed by atoms with Crippen LogP contribution in [0.1, 0.15) is 31.9 Å². The molecule has 1 unspecified atom stereocenters. The Hall–Kier alpha value is -3.15. The maximum absolute atomic E-state index is 13.4. The van der Waals surface area contributed by atoms with Crippen LogP contribution in [0.4, 0.5) is 10.1 Å². The van der Waals surface area contributed by atoms with Crippen molar-refractivity contribution < 1.29 is 23.8 Å². The smallest absolute Gasteiger partial charge is 0.294 e. The molecule has 0 fully saturated rings. The molecule has 6 heteroatoms. The zero-order chi connectivity index (χ0) is 20.4.